The highest BCUT2D eigenvalue weighted by molar-refractivity contribution is 5.94. The number of piperidine rings is 1. The summed E-state index contributed by atoms with van der Waals surface area (Å²) < 4.78 is 7.06. The molecule has 3 atom stereocenters. The van der Waals surface area contributed by atoms with Gasteiger partial charge in [-0.1, -0.05) is 0 Å². The summed E-state index contributed by atoms with van der Waals surface area (Å²) in [6.45, 7) is 6.69. The SMILES string of the molecule is CC(C)(C)OC(=O)N1C[C@@H]2[C@H](C1)[C@@H]2Nc1cc(=O)n(C23CC(C2)C3)cc1C(=O)O. The minimum atomic E-state index is -1.03. The monoisotopic (exact) mass is 401 g/mol. The van der Waals surface area contributed by atoms with Crippen LogP contribution in [-0.2, 0) is 10.3 Å². The third-order valence-corrected chi connectivity index (χ3v) is 6.97. The van der Waals surface area contributed by atoms with Crippen LogP contribution in [0.25, 0.3) is 0 Å². The zero-order valence-corrected chi connectivity index (χ0v) is 17.0. The molecule has 4 aliphatic carbocycles. The van der Waals surface area contributed by atoms with Crippen molar-refractivity contribution in [2.45, 2.75) is 57.2 Å². The first-order valence-electron chi connectivity index (χ1n) is 10.3. The Kier molecular flexibility index (Phi) is 3.68. The van der Waals surface area contributed by atoms with Gasteiger partial charge in [0, 0.05) is 48.8 Å². The Labute approximate surface area is 168 Å². The maximum Gasteiger partial charge on any atom is 0.410 e. The lowest BCUT2D eigenvalue weighted by Crippen LogP contribution is -2.62. The number of nitrogens with zero attached hydrogens (tertiary/aromatic N) is 2. The fourth-order valence-electron chi connectivity index (χ4n) is 5.32. The molecule has 2 heterocycles. The molecule has 5 aliphatic rings. The van der Waals surface area contributed by atoms with E-state index in [0.29, 0.717) is 24.7 Å². The molecule has 1 saturated heterocycles. The molecule has 29 heavy (non-hydrogen) atoms. The number of hydrogen-bond donors (Lipinski definition) is 2. The van der Waals surface area contributed by atoms with Crippen LogP contribution in [0.1, 0.15) is 50.4 Å². The Balaban J connectivity index is 1.28. The third kappa shape index (κ3) is 2.91. The topological polar surface area (TPSA) is 101 Å². The highest BCUT2D eigenvalue weighted by atomic mass is 16.6. The van der Waals surface area contributed by atoms with Crippen molar-refractivity contribution in [2.24, 2.45) is 17.8 Å². The van der Waals surface area contributed by atoms with E-state index in [-0.39, 0.29) is 40.6 Å². The number of ether oxygens (including phenoxy) is 1. The van der Waals surface area contributed by atoms with E-state index in [1.165, 1.54) is 12.3 Å². The molecule has 1 amide bonds. The largest absolute Gasteiger partial charge is 0.478 e. The highest BCUT2D eigenvalue weighted by Gasteiger charge is 2.59. The van der Waals surface area contributed by atoms with Crippen LogP contribution in [0.2, 0.25) is 0 Å². The Bertz CT molecular complexity index is 933. The van der Waals surface area contributed by atoms with Crippen LogP contribution >= 0.6 is 0 Å². The molecule has 6 rings (SSSR count). The molecule has 0 radical (unpaired) electrons. The van der Waals surface area contributed by atoms with E-state index in [0.717, 1.165) is 19.3 Å². The highest BCUT2D eigenvalue weighted by Crippen LogP contribution is 2.61. The smallest absolute Gasteiger partial charge is 0.410 e. The Morgan fingerprint density at radius 3 is 2.31 bits per heavy atom. The number of hydrogen-bond acceptors (Lipinski definition) is 5. The molecular formula is C21H27N3O5. The number of aromatic nitrogens is 1. The lowest BCUT2D eigenvalue weighted by molar-refractivity contribution is -0.0914. The molecule has 8 heteroatoms. The van der Waals surface area contributed by atoms with Gasteiger partial charge in [0.1, 0.15) is 5.60 Å². The van der Waals surface area contributed by atoms with E-state index < -0.39 is 11.6 Å². The summed E-state index contributed by atoms with van der Waals surface area (Å²) in [4.78, 5) is 38.4. The number of aromatic carboxylic acids is 1. The number of fused-ring (bicyclic) bond motifs is 1. The first-order chi connectivity index (χ1) is 13.6. The van der Waals surface area contributed by atoms with Crippen molar-refractivity contribution in [1.29, 1.82) is 0 Å². The molecule has 156 valence electrons. The zero-order valence-electron chi connectivity index (χ0n) is 17.0. The van der Waals surface area contributed by atoms with Gasteiger partial charge in [0.2, 0.25) is 0 Å². The molecule has 1 aliphatic heterocycles. The average Bonchev–Trinajstić information content (AvgIpc) is 2.96. The summed E-state index contributed by atoms with van der Waals surface area (Å²) in [5.74, 6) is 0.175. The number of carbonyl (C=O) groups excluding carboxylic acids is 1. The minimum absolute atomic E-state index is 0.0805. The van der Waals surface area contributed by atoms with Crippen molar-refractivity contribution in [3.63, 3.8) is 0 Å². The molecule has 8 nitrogen and oxygen atoms in total. The molecule has 4 saturated carbocycles. The van der Waals surface area contributed by atoms with Crippen LogP contribution in [0.4, 0.5) is 10.5 Å². The number of carboxylic acid groups (broad SMARTS) is 1. The summed E-state index contributed by atoms with van der Waals surface area (Å²) >= 11 is 0. The van der Waals surface area contributed by atoms with Gasteiger partial charge in [0.25, 0.3) is 5.56 Å². The number of carbonyl (C=O) groups is 2. The zero-order chi connectivity index (χ0) is 20.7. The van der Waals surface area contributed by atoms with Crippen LogP contribution in [0.5, 0.6) is 0 Å². The second-order valence-electron chi connectivity index (χ2n) is 10.2. The molecule has 0 spiro atoms. The van der Waals surface area contributed by atoms with E-state index in [9.17, 15) is 19.5 Å². The summed E-state index contributed by atoms with van der Waals surface area (Å²) in [7, 11) is 0. The average molecular weight is 401 g/mol. The number of carboxylic acids is 1. The fraction of sp³-hybridized carbons (Fsp3) is 0.667. The van der Waals surface area contributed by atoms with Gasteiger partial charge in [-0.2, -0.15) is 0 Å². The standard InChI is InChI=1S/C21H27N3O5/c1-20(2,3)29-19(28)23-8-12-13(9-23)17(12)22-15-4-16(25)24(10-14(15)18(26)27)21-5-11(6-21)7-21/h4,10-13,17,22H,5-9H2,1-3H3,(H,26,27)/t11?,12-,13+,17-,21?. The van der Waals surface area contributed by atoms with E-state index >= 15 is 0 Å². The number of likely N-dealkylation sites (tertiary alicyclic amines) is 1. The van der Waals surface area contributed by atoms with Gasteiger partial charge >= 0.3 is 12.1 Å². The Morgan fingerprint density at radius 2 is 1.83 bits per heavy atom. The molecule has 0 aromatic carbocycles. The predicted molar refractivity (Wildman–Crippen MR) is 105 cm³/mol. The fourth-order valence-corrected chi connectivity index (χ4v) is 5.32. The number of amides is 1. The van der Waals surface area contributed by atoms with Gasteiger partial charge in [-0.25, -0.2) is 9.59 Å². The van der Waals surface area contributed by atoms with Crippen molar-refractivity contribution in [2.75, 3.05) is 18.4 Å². The summed E-state index contributed by atoms with van der Waals surface area (Å²) in [6, 6.07) is 1.51. The summed E-state index contributed by atoms with van der Waals surface area (Å²) in [6.07, 6.45) is 4.15. The summed E-state index contributed by atoms with van der Waals surface area (Å²) in [5, 5.41) is 13.0. The van der Waals surface area contributed by atoms with Gasteiger partial charge in [0.05, 0.1) is 11.3 Å². The maximum absolute atomic E-state index is 12.7. The lowest BCUT2D eigenvalue weighted by atomic mass is 9.49. The minimum Gasteiger partial charge on any atom is -0.478 e. The summed E-state index contributed by atoms with van der Waals surface area (Å²) in [5.41, 5.74) is -0.287. The van der Waals surface area contributed by atoms with Crippen molar-refractivity contribution >= 4 is 17.7 Å². The van der Waals surface area contributed by atoms with Crippen molar-refractivity contribution in [3.8, 4) is 0 Å². The molecule has 1 aromatic rings. The maximum atomic E-state index is 12.7. The van der Waals surface area contributed by atoms with E-state index in [1.54, 1.807) is 9.47 Å². The van der Waals surface area contributed by atoms with Crippen molar-refractivity contribution in [1.82, 2.24) is 9.47 Å². The van der Waals surface area contributed by atoms with Gasteiger partial charge in [-0.05, 0) is 46.0 Å². The quantitative estimate of drug-likeness (QED) is 0.803. The lowest BCUT2D eigenvalue weighted by Gasteiger charge is -2.62. The Hall–Kier alpha value is -2.51. The molecule has 2 N–H and O–H groups in total. The third-order valence-electron chi connectivity index (χ3n) is 6.97. The molecular weight excluding hydrogens is 374 g/mol. The van der Waals surface area contributed by atoms with E-state index in [2.05, 4.69) is 5.32 Å². The van der Waals surface area contributed by atoms with Crippen LogP contribution in [0.3, 0.4) is 0 Å². The van der Waals surface area contributed by atoms with E-state index in [1.807, 2.05) is 20.8 Å². The molecule has 2 bridgehead atoms. The predicted octanol–water partition coefficient (Wildman–Crippen LogP) is 2.33. The van der Waals surface area contributed by atoms with Gasteiger partial charge in [-0.3, -0.25) is 4.79 Å². The number of nitrogens with one attached hydrogen (secondary N) is 1. The van der Waals surface area contributed by atoms with Crippen LogP contribution in [-0.4, -0.2) is 51.4 Å². The van der Waals surface area contributed by atoms with Crippen LogP contribution < -0.4 is 10.9 Å². The molecule has 5 fully saturated rings. The number of pyridine rings is 1. The van der Waals surface area contributed by atoms with Crippen molar-refractivity contribution < 1.29 is 19.4 Å². The van der Waals surface area contributed by atoms with Gasteiger partial charge in [-0.15, -0.1) is 0 Å². The Morgan fingerprint density at radius 1 is 1.21 bits per heavy atom. The first-order valence-corrected chi connectivity index (χ1v) is 10.3. The molecule has 1 aromatic heterocycles. The second kappa shape index (κ2) is 5.77. The van der Waals surface area contributed by atoms with E-state index in [4.69, 9.17) is 4.74 Å². The van der Waals surface area contributed by atoms with Crippen molar-refractivity contribution in [3.05, 3.63) is 28.2 Å². The second-order valence-corrected chi connectivity index (χ2v) is 10.2. The first kappa shape index (κ1) is 18.5. The molecule has 0 unspecified atom stereocenters. The van der Waals surface area contributed by atoms with Gasteiger partial charge < -0.3 is 24.6 Å². The number of anilines is 1. The van der Waals surface area contributed by atoms with Gasteiger partial charge in [0.15, 0.2) is 0 Å². The normalized spacial score (nSPS) is 34.0. The number of rotatable bonds is 4. The van der Waals surface area contributed by atoms with Crippen LogP contribution in [0.15, 0.2) is 17.1 Å². The van der Waals surface area contributed by atoms with Crippen LogP contribution in [0, 0.1) is 17.8 Å².